The first-order valence-electron chi connectivity index (χ1n) is 7.93. The highest BCUT2D eigenvalue weighted by atomic mass is 16.5. The molecule has 0 spiro atoms. The molecule has 1 aliphatic heterocycles. The number of methoxy groups -OCH3 is 2. The van der Waals surface area contributed by atoms with Crippen LogP contribution in [-0.2, 0) is 0 Å². The van der Waals surface area contributed by atoms with Crippen LogP contribution in [0.1, 0.15) is 44.2 Å². The van der Waals surface area contributed by atoms with Crippen LogP contribution < -0.4 is 15.2 Å². The van der Waals surface area contributed by atoms with E-state index in [9.17, 15) is 0 Å². The molecule has 0 radical (unpaired) electrons. The summed E-state index contributed by atoms with van der Waals surface area (Å²) in [7, 11) is 3.38. The predicted molar refractivity (Wildman–Crippen MR) is 86.0 cm³/mol. The minimum atomic E-state index is 0.139. The Hall–Kier alpha value is -1.26. The second-order valence-corrected chi connectivity index (χ2v) is 5.72. The van der Waals surface area contributed by atoms with E-state index in [-0.39, 0.29) is 12.1 Å². The molecule has 0 bridgehead atoms. The average molecular weight is 292 g/mol. The van der Waals surface area contributed by atoms with E-state index in [1.165, 1.54) is 12.8 Å². The van der Waals surface area contributed by atoms with E-state index in [4.69, 9.17) is 15.2 Å². The van der Waals surface area contributed by atoms with Crippen molar-refractivity contribution in [2.45, 2.75) is 44.7 Å². The minimum absolute atomic E-state index is 0.139. The minimum Gasteiger partial charge on any atom is -0.493 e. The Labute approximate surface area is 128 Å². The highest BCUT2D eigenvalue weighted by Gasteiger charge is 2.31. The Balaban J connectivity index is 2.43. The summed E-state index contributed by atoms with van der Waals surface area (Å²) in [5.41, 5.74) is 7.66. The zero-order valence-electron chi connectivity index (χ0n) is 13.5. The summed E-state index contributed by atoms with van der Waals surface area (Å²) in [4.78, 5) is 2.51. The zero-order valence-corrected chi connectivity index (χ0v) is 13.5. The Morgan fingerprint density at radius 2 is 2.05 bits per heavy atom. The van der Waals surface area contributed by atoms with E-state index in [1.54, 1.807) is 14.2 Å². The number of likely N-dealkylation sites (tertiary alicyclic amines) is 1. The van der Waals surface area contributed by atoms with Crippen molar-refractivity contribution in [2.24, 2.45) is 5.73 Å². The van der Waals surface area contributed by atoms with Crippen molar-refractivity contribution in [1.29, 1.82) is 0 Å². The zero-order chi connectivity index (χ0) is 15.2. The van der Waals surface area contributed by atoms with Crippen LogP contribution in [0.15, 0.2) is 18.2 Å². The lowest BCUT2D eigenvalue weighted by atomic mass is 9.95. The van der Waals surface area contributed by atoms with Crippen LogP contribution in [0, 0.1) is 0 Å². The Bertz CT molecular complexity index is 450. The third-order valence-electron chi connectivity index (χ3n) is 4.29. The van der Waals surface area contributed by atoms with Gasteiger partial charge in [-0.1, -0.05) is 25.5 Å². The van der Waals surface area contributed by atoms with Crippen LogP contribution in [0.2, 0.25) is 0 Å². The van der Waals surface area contributed by atoms with Gasteiger partial charge in [0.15, 0.2) is 11.5 Å². The highest BCUT2D eigenvalue weighted by molar-refractivity contribution is 5.48. The lowest BCUT2D eigenvalue weighted by molar-refractivity contribution is 0.181. The molecule has 4 heteroatoms. The summed E-state index contributed by atoms with van der Waals surface area (Å²) in [6.07, 6.45) is 4.61. The lowest BCUT2D eigenvalue weighted by Crippen LogP contribution is -2.40. The molecule has 0 amide bonds. The van der Waals surface area contributed by atoms with Crippen molar-refractivity contribution < 1.29 is 9.47 Å². The van der Waals surface area contributed by atoms with Crippen LogP contribution in [-0.4, -0.2) is 38.3 Å². The fourth-order valence-electron chi connectivity index (χ4n) is 3.37. The van der Waals surface area contributed by atoms with Crippen molar-refractivity contribution in [3.8, 4) is 11.5 Å². The number of nitrogens with two attached hydrogens (primary N) is 1. The fraction of sp³-hybridized carbons (Fsp3) is 0.647. The van der Waals surface area contributed by atoms with E-state index < -0.39 is 0 Å². The number of rotatable bonds is 5. The van der Waals surface area contributed by atoms with Gasteiger partial charge in [-0.25, -0.2) is 0 Å². The second-order valence-electron chi connectivity index (χ2n) is 5.72. The van der Waals surface area contributed by atoms with E-state index in [0.29, 0.717) is 0 Å². The number of nitrogens with zero attached hydrogens (tertiary/aromatic N) is 1. The molecular formula is C17H28N2O2. The molecule has 1 saturated heterocycles. The van der Waals surface area contributed by atoms with Crippen molar-refractivity contribution in [2.75, 3.05) is 27.3 Å². The highest BCUT2D eigenvalue weighted by Crippen LogP contribution is 2.39. The predicted octanol–water partition coefficient (Wildman–Crippen LogP) is 2.97. The largest absolute Gasteiger partial charge is 0.493 e. The molecule has 1 fully saturated rings. The molecule has 1 aromatic carbocycles. The lowest BCUT2D eigenvalue weighted by Gasteiger charge is -2.34. The van der Waals surface area contributed by atoms with Crippen molar-refractivity contribution in [3.63, 3.8) is 0 Å². The fourth-order valence-corrected chi connectivity index (χ4v) is 3.37. The maximum Gasteiger partial charge on any atom is 0.165 e. The van der Waals surface area contributed by atoms with Crippen molar-refractivity contribution >= 4 is 0 Å². The molecule has 21 heavy (non-hydrogen) atoms. The Kier molecular flexibility index (Phi) is 5.88. The van der Waals surface area contributed by atoms with Gasteiger partial charge >= 0.3 is 0 Å². The quantitative estimate of drug-likeness (QED) is 0.906. The molecule has 2 N–H and O–H groups in total. The number of hydrogen-bond acceptors (Lipinski definition) is 4. The van der Waals surface area contributed by atoms with Gasteiger partial charge in [0, 0.05) is 11.6 Å². The van der Waals surface area contributed by atoms with E-state index >= 15 is 0 Å². The molecule has 4 nitrogen and oxygen atoms in total. The van der Waals surface area contributed by atoms with Gasteiger partial charge in [-0.15, -0.1) is 0 Å². The normalized spacial score (nSPS) is 23.6. The molecule has 1 heterocycles. The van der Waals surface area contributed by atoms with E-state index in [2.05, 4.69) is 17.9 Å². The maximum atomic E-state index is 6.51. The maximum absolute atomic E-state index is 6.51. The molecule has 0 aliphatic carbocycles. The van der Waals surface area contributed by atoms with Gasteiger partial charge in [0.05, 0.1) is 20.3 Å². The van der Waals surface area contributed by atoms with Gasteiger partial charge in [-0.3, -0.25) is 4.90 Å². The number of ether oxygens (including phenoxy) is 2. The number of hydrogen-bond donors (Lipinski definition) is 1. The smallest absolute Gasteiger partial charge is 0.165 e. The van der Waals surface area contributed by atoms with Gasteiger partial charge in [0.1, 0.15) is 0 Å². The van der Waals surface area contributed by atoms with Gasteiger partial charge in [-0.05, 0) is 38.4 Å². The van der Waals surface area contributed by atoms with Crippen LogP contribution in [0.3, 0.4) is 0 Å². The first kappa shape index (κ1) is 16.1. The summed E-state index contributed by atoms with van der Waals surface area (Å²) in [6.45, 7) is 4.39. The number of benzene rings is 1. The summed E-state index contributed by atoms with van der Waals surface area (Å²) in [6, 6.07) is 6.44. The van der Waals surface area contributed by atoms with Crippen LogP contribution in [0.4, 0.5) is 0 Å². The molecule has 1 aliphatic rings. The summed E-state index contributed by atoms with van der Waals surface area (Å²) < 4.78 is 11.1. The molecule has 2 rings (SSSR count). The Morgan fingerprint density at radius 3 is 2.71 bits per heavy atom. The second kappa shape index (κ2) is 7.66. The SMILES string of the molecule is CCCN1CCCCC(N)C1c1cccc(OC)c1OC. The van der Waals surface area contributed by atoms with E-state index in [1.807, 2.05) is 12.1 Å². The molecular weight excluding hydrogens is 264 g/mol. The van der Waals surface area contributed by atoms with Gasteiger partial charge < -0.3 is 15.2 Å². The first-order valence-corrected chi connectivity index (χ1v) is 7.93. The monoisotopic (exact) mass is 292 g/mol. The third-order valence-corrected chi connectivity index (χ3v) is 4.29. The molecule has 0 aromatic heterocycles. The molecule has 2 unspecified atom stereocenters. The number of para-hydroxylation sites is 1. The van der Waals surface area contributed by atoms with Crippen molar-refractivity contribution in [3.05, 3.63) is 23.8 Å². The average Bonchev–Trinajstić information content (AvgIpc) is 2.68. The topological polar surface area (TPSA) is 47.7 Å². The first-order chi connectivity index (χ1) is 10.2. The molecule has 118 valence electrons. The van der Waals surface area contributed by atoms with Crippen LogP contribution >= 0.6 is 0 Å². The standard InChI is InChI=1S/C17H28N2O2/c1-4-11-19-12-6-5-9-14(18)16(19)13-8-7-10-15(20-2)17(13)21-3/h7-8,10,14,16H,4-6,9,11-12,18H2,1-3H3. The summed E-state index contributed by atoms with van der Waals surface area (Å²) >= 11 is 0. The Morgan fingerprint density at radius 1 is 1.24 bits per heavy atom. The molecule has 1 aromatic rings. The summed E-state index contributed by atoms with van der Waals surface area (Å²) in [5.74, 6) is 1.60. The van der Waals surface area contributed by atoms with Crippen molar-refractivity contribution in [1.82, 2.24) is 4.90 Å². The summed E-state index contributed by atoms with van der Waals surface area (Å²) in [5, 5.41) is 0. The van der Waals surface area contributed by atoms with Gasteiger partial charge in [0.2, 0.25) is 0 Å². The molecule has 0 saturated carbocycles. The van der Waals surface area contributed by atoms with Crippen LogP contribution in [0.25, 0.3) is 0 Å². The molecule has 2 atom stereocenters. The van der Waals surface area contributed by atoms with Gasteiger partial charge in [-0.2, -0.15) is 0 Å². The van der Waals surface area contributed by atoms with E-state index in [0.717, 1.165) is 43.0 Å². The van der Waals surface area contributed by atoms with Crippen LogP contribution in [0.5, 0.6) is 11.5 Å². The third kappa shape index (κ3) is 3.50. The van der Waals surface area contributed by atoms with Gasteiger partial charge in [0.25, 0.3) is 0 Å².